The van der Waals surface area contributed by atoms with E-state index in [1.54, 1.807) is 0 Å². The molecule has 2 unspecified atom stereocenters. The number of hydrogen-bond donors (Lipinski definition) is 2. The van der Waals surface area contributed by atoms with Crippen molar-refractivity contribution in [2.45, 2.75) is 94.7 Å². The van der Waals surface area contributed by atoms with Gasteiger partial charge >= 0.3 is 12.1 Å². The maximum absolute atomic E-state index is 14.2. The molecule has 1 aromatic heterocycles. The Morgan fingerprint density at radius 1 is 1.05 bits per heavy atom. The molecule has 2 N–H and O–H groups in total. The maximum Gasteiger partial charge on any atom is 0.398 e. The number of carboxylic acid groups (broad SMARTS) is 1. The van der Waals surface area contributed by atoms with Crippen molar-refractivity contribution in [1.29, 1.82) is 0 Å². The second kappa shape index (κ2) is 10.8. The van der Waals surface area contributed by atoms with Crippen molar-refractivity contribution in [2.24, 2.45) is 11.8 Å². The highest BCUT2D eigenvalue weighted by Gasteiger charge is 2.65. The van der Waals surface area contributed by atoms with Gasteiger partial charge in [-0.2, -0.15) is 23.0 Å². The third kappa shape index (κ3) is 5.05. The Kier molecular flexibility index (Phi) is 7.48. The van der Waals surface area contributed by atoms with E-state index >= 15 is 0 Å². The number of carbonyl (C=O) groups is 3. The zero-order chi connectivity index (χ0) is 29.8. The molecule has 2 aromatic rings. The molecule has 0 bridgehead atoms. The highest BCUT2D eigenvalue weighted by molar-refractivity contribution is 6.34. The average Bonchev–Trinajstić information content (AvgIpc) is 3.48. The first-order valence-corrected chi connectivity index (χ1v) is 15.1. The number of hydrogen-bond acceptors (Lipinski definition) is 4. The lowest BCUT2D eigenvalue weighted by Gasteiger charge is -2.26. The molecule has 2 saturated carbocycles. The minimum atomic E-state index is -4.54. The third-order valence-corrected chi connectivity index (χ3v) is 9.95. The lowest BCUT2D eigenvalue weighted by molar-refractivity contribution is -0.160. The number of alkyl halides is 3. The number of carboxylic acids is 1. The molecule has 0 aliphatic heterocycles. The average molecular weight is 604 g/mol. The summed E-state index contributed by atoms with van der Waals surface area (Å²) in [6.07, 6.45) is 3.52. The van der Waals surface area contributed by atoms with Gasteiger partial charge in [-0.25, -0.2) is 0 Å². The minimum absolute atomic E-state index is 0.0775. The summed E-state index contributed by atoms with van der Waals surface area (Å²) < 4.78 is 43.8. The second-order valence-corrected chi connectivity index (χ2v) is 12.6. The Bertz CT molecular complexity index is 1470. The van der Waals surface area contributed by atoms with E-state index in [-0.39, 0.29) is 47.4 Å². The van der Waals surface area contributed by atoms with Gasteiger partial charge in [0.15, 0.2) is 0 Å². The van der Waals surface area contributed by atoms with Crippen LogP contribution >= 0.6 is 11.6 Å². The van der Waals surface area contributed by atoms with Crippen LogP contribution in [0.1, 0.15) is 97.1 Å². The maximum atomic E-state index is 14.2. The van der Waals surface area contributed by atoms with Crippen LogP contribution in [0.2, 0.25) is 5.02 Å². The van der Waals surface area contributed by atoms with Gasteiger partial charge in [0.1, 0.15) is 0 Å². The predicted octanol–water partition coefficient (Wildman–Crippen LogP) is 6.25. The highest BCUT2D eigenvalue weighted by atomic mass is 35.5. The predicted molar refractivity (Wildman–Crippen MR) is 149 cm³/mol. The van der Waals surface area contributed by atoms with Crippen molar-refractivity contribution >= 4 is 35.0 Å². The molecule has 42 heavy (non-hydrogen) atoms. The summed E-state index contributed by atoms with van der Waals surface area (Å²) in [6.45, 7) is 0. The van der Waals surface area contributed by atoms with E-state index in [1.165, 1.54) is 22.9 Å². The summed E-state index contributed by atoms with van der Waals surface area (Å²) in [6, 6.07) is 4.30. The summed E-state index contributed by atoms with van der Waals surface area (Å²) >= 11 is 6.46. The summed E-state index contributed by atoms with van der Waals surface area (Å²) in [7, 11) is 0. The largest absolute Gasteiger partial charge is 0.481 e. The highest BCUT2D eigenvalue weighted by Crippen LogP contribution is 2.60. The molecule has 2 atom stereocenters. The first kappa shape index (κ1) is 29.0. The first-order chi connectivity index (χ1) is 20.0. The minimum Gasteiger partial charge on any atom is -0.481 e. The topological polar surface area (TPSA) is 101 Å². The van der Waals surface area contributed by atoms with Crippen LogP contribution in [-0.2, 0) is 27.8 Å². The van der Waals surface area contributed by atoms with Crippen LogP contribution in [0, 0.1) is 11.8 Å². The fourth-order valence-electron chi connectivity index (χ4n) is 7.00. The van der Waals surface area contributed by atoms with Crippen molar-refractivity contribution in [3.8, 4) is 0 Å². The van der Waals surface area contributed by atoms with Gasteiger partial charge in [-0.15, -0.1) is 0 Å². The van der Waals surface area contributed by atoms with Gasteiger partial charge in [0.05, 0.1) is 33.3 Å². The lowest BCUT2D eigenvalue weighted by atomic mass is 9.82. The Labute approximate surface area is 246 Å². The number of allylic oxidation sites excluding steroid dienone is 2. The SMILES string of the molecule is O=C(O)C1CC=C(c2nn(C(=O)c3c(Cl)cccc3C3(C(F)(F)F)CC3)c3c2CCC(C(=O)NC2CCCC2)C3)CC1. The number of aliphatic carboxylic acids is 1. The summed E-state index contributed by atoms with van der Waals surface area (Å²) in [5, 5.41) is 17.2. The van der Waals surface area contributed by atoms with Crippen molar-refractivity contribution in [1.82, 2.24) is 15.1 Å². The third-order valence-electron chi connectivity index (χ3n) is 9.64. The fourth-order valence-corrected chi connectivity index (χ4v) is 7.26. The monoisotopic (exact) mass is 603 g/mol. The smallest absolute Gasteiger partial charge is 0.398 e. The molecule has 11 heteroatoms. The van der Waals surface area contributed by atoms with Crippen molar-refractivity contribution in [3.63, 3.8) is 0 Å². The van der Waals surface area contributed by atoms with Crippen molar-refractivity contribution < 1.29 is 32.7 Å². The molecule has 1 heterocycles. The molecular weight excluding hydrogens is 571 g/mol. The Balaban J connectivity index is 1.40. The zero-order valence-electron chi connectivity index (χ0n) is 23.1. The van der Waals surface area contributed by atoms with Gasteiger partial charge in [0, 0.05) is 23.9 Å². The molecule has 1 amide bonds. The van der Waals surface area contributed by atoms with Crippen molar-refractivity contribution in [2.75, 3.05) is 0 Å². The van der Waals surface area contributed by atoms with Crippen LogP contribution < -0.4 is 5.32 Å². The van der Waals surface area contributed by atoms with Gasteiger partial charge in [-0.1, -0.05) is 42.7 Å². The number of fused-ring (bicyclic) bond motifs is 1. The summed E-state index contributed by atoms with van der Waals surface area (Å²) in [5.74, 6) is -2.59. The van der Waals surface area contributed by atoms with Crippen LogP contribution in [0.3, 0.4) is 0 Å². The number of benzene rings is 1. The van der Waals surface area contributed by atoms with Crippen molar-refractivity contribution in [3.05, 3.63) is 57.4 Å². The van der Waals surface area contributed by atoms with Crippen LogP contribution in [0.15, 0.2) is 24.3 Å². The molecule has 4 aliphatic carbocycles. The van der Waals surface area contributed by atoms with E-state index in [0.29, 0.717) is 43.5 Å². The van der Waals surface area contributed by atoms with Gasteiger partial charge in [-0.3, -0.25) is 14.4 Å². The van der Waals surface area contributed by atoms with Crippen LogP contribution in [-0.4, -0.2) is 44.9 Å². The number of amides is 1. The molecule has 4 aliphatic rings. The van der Waals surface area contributed by atoms with E-state index in [4.69, 9.17) is 11.6 Å². The molecule has 224 valence electrons. The Morgan fingerprint density at radius 3 is 2.38 bits per heavy atom. The van der Waals surface area contributed by atoms with E-state index in [1.807, 2.05) is 6.08 Å². The number of nitrogens with zero attached hydrogens (tertiary/aromatic N) is 2. The molecule has 6 rings (SSSR count). The zero-order valence-corrected chi connectivity index (χ0v) is 23.9. The van der Waals surface area contributed by atoms with Crippen LogP contribution in [0.4, 0.5) is 13.2 Å². The first-order valence-electron chi connectivity index (χ1n) is 14.7. The molecule has 2 fully saturated rings. The van der Waals surface area contributed by atoms with E-state index in [2.05, 4.69) is 10.4 Å². The normalized spacial score (nSPS) is 23.7. The Morgan fingerprint density at radius 2 is 1.76 bits per heavy atom. The number of halogens is 4. The van der Waals surface area contributed by atoms with E-state index in [0.717, 1.165) is 36.8 Å². The lowest BCUT2D eigenvalue weighted by Crippen LogP contribution is -2.40. The number of rotatable bonds is 6. The molecule has 0 radical (unpaired) electrons. The van der Waals surface area contributed by atoms with E-state index in [9.17, 15) is 32.7 Å². The Hall–Kier alpha value is -3.14. The molecule has 0 spiro atoms. The number of nitrogens with one attached hydrogen (secondary N) is 1. The summed E-state index contributed by atoms with van der Waals surface area (Å²) in [5.41, 5.74) is 0.189. The number of aromatic nitrogens is 2. The molecule has 1 aromatic carbocycles. The van der Waals surface area contributed by atoms with Gasteiger partial charge in [-0.05, 0) is 75.0 Å². The standard InChI is InChI=1S/C31H33ClF3N3O4/c32-23-7-3-6-22(30(14-15-30)31(33,34)35)25(23)28(40)38-24-16-19(27(39)36-20-4-1-2-5-20)12-13-21(24)26(37-38)17-8-10-18(11-9-17)29(41)42/h3,6-8,18-20H,1-2,4-5,9-16H2,(H,36,39)(H,41,42). The van der Waals surface area contributed by atoms with Crippen LogP contribution in [0.5, 0.6) is 0 Å². The fraction of sp³-hybridized carbons (Fsp3) is 0.548. The van der Waals surface area contributed by atoms with Gasteiger partial charge in [0.2, 0.25) is 5.91 Å². The van der Waals surface area contributed by atoms with E-state index < -0.39 is 35.3 Å². The van der Waals surface area contributed by atoms with Gasteiger partial charge < -0.3 is 10.4 Å². The van der Waals surface area contributed by atoms with Crippen LogP contribution in [0.25, 0.3) is 5.57 Å². The molecule has 7 nitrogen and oxygen atoms in total. The second-order valence-electron chi connectivity index (χ2n) is 12.2. The van der Waals surface area contributed by atoms with Gasteiger partial charge in [0.25, 0.3) is 5.91 Å². The molecule has 0 saturated heterocycles. The quantitative estimate of drug-likeness (QED) is 0.406. The molecular formula is C31H33ClF3N3O4. The number of carbonyl (C=O) groups excluding carboxylic acids is 2. The summed E-state index contributed by atoms with van der Waals surface area (Å²) in [4.78, 5) is 38.9.